The van der Waals surface area contributed by atoms with Gasteiger partial charge in [-0.3, -0.25) is 0 Å². The Labute approximate surface area is 289 Å². The molecule has 3 N–H and O–H groups in total. The number of aromatic amines is 3. The van der Waals surface area contributed by atoms with Gasteiger partial charge in [0.15, 0.2) is 0 Å². The first-order chi connectivity index (χ1) is 20.4. The van der Waals surface area contributed by atoms with Crippen molar-refractivity contribution in [2.24, 2.45) is 0 Å². The van der Waals surface area contributed by atoms with E-state index in [9.17, 15) is 29.7 Å². The molecule has 0 radical (unpaired) electrons. The number of imidazole rings is 3. The number of aliphatic carboxylic acids is 3. The van der Waals surface area contributed by atoms with E-state index in [1.165, 1.54) is 55.8 Å². The molecule has 0 aliphatic carbocycles. The molecule has 47 heavy (non-hydrogen) atoms. The Kier molecular flexibility index (Phi) is 31.6. The molecule has 3 heterocycles. The summed E-state index contributed by atoms with van der Waals surface area (Å²) in [5.74, 6) is -3.64. The van der Waals surface area contributed by atoms with E-state index in [0.29, 0.717) is 35.8 Å². The molecule has 0 bridgehead atoms. The topological polar surface area (TPSA) is 378 Å². The fraction of sp³-hybridized carbons (Fsp3) is 0.143. The molecule has 0 aliphatic heterocycles. The van der Waals surface area contributed by atoms with Gasteiger partial charge in [0.25, 0.3) is 0 Å². The Hall–Kier alpha value is -3.97. The van der Waals surface area contributed by atoms with Gasteiger partial charge in [-0.1, -0.05) is 0 Å². The summed E-state index contributed by atoms with van der Waals surface area (Å²) >= 11 is 0. The second-order valence-electron chi connectivity index (χ2n) is 7.09. The molecule has 21 nitrogen and oxygen atoms in total. The summed E-state index contributed by atoms with van der Waals surface area (Å²) < 4.78 is 81.7. The van der Waals surface area contributed by atoms with E-state index in [-0.39, 0.29) is 34.1 Å². The molecule has 3 aromatic heterocycles. The quantitative estimate of drug-likeness (QED) is 0.119. The van der Waals surface area contributed by atoms with Crippen molar-refractivity contribution in [1.82, 2.24) is 29.9 Å². The van der Waals surface area contributed by atoms with Gasteiger partial charge in [-0.15, -0.1) is 0 Å². The van der Waals surface area contributed by atoms with Gasteiger partial charge in [-0.25, -0.2) is 40.2 Å². The predicted octanol–water partition coefficient (Wildman–Crippen LogP) is -5.00. The number of nitrogens with one attached hydrogen (secondary N) is 3. The van der Waals surface area contributed by atoms with Gasteiger partial charge in [0, 0.05) is 18.8 Å². The van der Waals surface area contributed by atoms with Crippen molar-refractivity contribution in [3.05, 3.63) is 72.9 Å². The van der Waals surface area contributed by atoms with Crippen molar-refractivity contribution in [2.75, 3.05) is 18.8 Å². The van der Waals surface area contributed by atoms with Gasteiger partial charge < -0.3 is 58.3 Å². The maximum absolute atomic E-state index is 9.86. The van der Waals surface area contributed by atoms with E-state index in [1.807, 2.05) is 0 Å². The fourth-order valence-electron chi connectivity index (χ4n) is 1.55. The zero-order valence-corrected chi connectivity index (χ0v) is 28.7. The first-order valence-electron chi connectivity index (χ1n) is 10.7. The zero-order chi connectivity index (χ0) is 35.7. The molecule has 0 saturated carbocycles. The summed E-state index contributed by atoms with van der Waals surface area (Å²) in [6.07, 6.45) is 17.7. The van der Waals surface area contributed by atoms with Crippen LogP contribution < -0.4 is 15.3 Å². The van der Waals surface area contributed by atoms with Gasteiger partial charge in [0.1, 0.15) is 0 Å². The minimum absolute atomic E-state index is 0. The molecule has 260 valence electrons. The van der Waals surface area contributed by atoms with E-state index in [4.69, 9.17) is 38.9 Å². The molecule has 0 saturated heterocycles. The minimum atomic E-state index is -3.92. The van der Waals surface area contributed by atoms with E-state index in [2.05, 4.69) is 29.9 Å². The van der Waals surface area contributed by atoms with Crippen LogP contribution >= 0.6 is 0 Å². The van der Waals surface area contributed by atoms with E-state index in [1.54, 1.807) is 0 Å². The van der Waals surface area contributed by atoms with Crippen LogP contribution in [0.5, 0.6) is 0 Å². The van der Waals surface area contributed by atoms with Gasteiger partial charge in [0.05, 0.1) is 103 Å². The Bertz CT molecular complexity index is 1450. The van der Waals surface area contributed by atoms with Crippen molar-refractivity contribution in [3.8, 4) is 0 Å². The SMILES string of the molecule is CS(=O)(=O)[O-].CS(=O)(=O)[O-].CS(=O)(=O)[O-].O=C([O-])C=Cc1cnc[nH]1.O=C([O-])C=Cc1cnc[nH]1.O=C([O-])C=Cc1cnc[nH]1.[Mn+3].[Mn+3]. The molecular weight excluding hydrogens is 782 g/mol. The monoisotopic (exact) mass is 806 g/mol. The van der Waals surface area contributed by atoms with Crippen LogP contribution in [0, 0.1) is 0 Å². The summed E-state index contributed by atoms with van der Waals surface area (Å²) in [4.78, 5) is 48.7. The predicted molar refractivity (Wildman–Crippen MR) is 145 cm³/mol. The average Bonchev–Trinajstić information content (AvgIpc) is 3.62. The molecule has 26 heteroatoms. The third-order valence-corrected chi connectivity index (χ3v) is 2.76. The molecule has 0 spiro atoms. The number of nitrogens with zero attached hydrogens (tertiary/aromatic N) is 3. The third-order valence-electron chi connectivity index (χ3n) is 2.76. The van der Waals surface area contributed by atoms with E-state index in [0.717, 1.165) is 18.2 Å². The number of carboxylic acids is 3. The normalized spacial score (nSPS) is 10.3. The molecule has 0 fully saturated rings. The first-order valence-corrected chi connectivity index (χ1v) is 16.2. The Morgan fingerprint density at radius 3 is 0.809 bits per heavy atom. The molecule has 0 unspecified atom stereocenters. The van der Waals surface area contributed by atoms with Crippen molar-refractivity contribution < 1.29 is 103 Å². The van der Waals surface area contributed by atoms with E-state index < -0.39 is 48.3 Å². The summed E-state index contributed by atoms with van der Waals surface area (Å²) in [6, 6.07) is 0. The molecule has 0 aromatic carbocycles. The molecule has 0 amide bonds. The number of carbonyl (C=O) groups excluding carboxylic acids is 3. The van der Waals surface area contributed by atoms with Crippen LogP contribution in [0.2, 0.25) is 0 Å². The smallest absolute Gasteiger partial charge is 0.748 e. The van der Waals surface area contributed by atoms with Crippen LogP contribution in [0.4, 0.5) is 0 Å². The Balaban J connectivity index is -0.000000154. The zero-order valence-electron chi connectivity index (χ0n) is 23.9. The number of aromatic nitrogens is 6. The number of carbonyl (C=O) groups is 3. The summed E-state index contributed by atoms with van der Waals surface area (Å²) in [5.41, 5.74) is 1.93. The van der Waals surface area contributed by atoms with Crippen molar-refractivity contribution in [3.63, 3.8) is 0 Å². The van der Waals surface area contributed by atoms with Gasteiger partial charge >= 0.3 is 34.1 Å². The molecule has 3 rings (SSSR count). The molecular formula is C21H24Mn2N6O15S3. The second kappa shape index (κ2) is 28.3. The maximum Gasteiger partial charge on any atom is 3.00 e. The summed E-state index contributed by atoms with van der Waals surface area (Å²) in [7, 11) is -11.8. The standard InChI is InChI=1S/3C6H6N2O2.3CH4O3S.2Mn/c3*9-6(10)2-1-5-3-7-4-8-5;3*1-5(2,3)4;;/h3*1-4H,(H,7,8)(H,9,10);3*1H3,(H,2,3,4);;/q;;;;;;2*+3/p-6. The summed E-state index contributed by atoms with van der Waals surface area (Å²) in [6.45, 7) is 0. The van der Waals surface area contributed by atoms with Crippen LogP contribution in [0.3, 0.4) is 0 Å². The van der Waals surface area contributed by atoms with Crippen LogP contribution in [-0.4, -0.2) is 105 Å². The van der Waals surface area contributed by atoms with Crippen LogP contribution in [0.15, 0.2) is 55.8 Å². The number of hydrogen-bond donors (Lipinski definition) is 3. The Morgan fingerprint density at radius 1 is 0.532 bits per heavy atom. The second-order valence-corrected chi connectivity index (χ2v) is 11.3. The molecule has 0 aliphatic rings. The molecule has 3 aromatic rings. The largest absolute Gasteiger partial charge is 3.00 e. The first kappa shape index (κ1) is 52.6. The minimum Gasteiger partial charge on any atom is -0.748 e. The van der Waals surface area contributed by atoms with Gasteiger partial charge in [0.2, 0.25) is 0 Å². The van der Waals surface area contributed by atoms with E-state index >= 15 is 0 Å². The number of hydrogen-bond acceptors (Lipinski definition) is 18. The third kappa shape index (κ3) is 65.6. The summed E-state index contributed by atoms with van der Waals surface area (Å²) in [5, 5.41) is 29.6. The van der Waals surface area contributed by atoms with Crippen LogP contribution in [0.25, 0.3) is 18.2 Å². The van der Waals surface area contributed by atoms with Gasteiger partial charge in [-0.2, -0.15) is 0 Å². The molecule has 0 atom stereocenters. The average molecular weight is 807 g/mol. The van der Waals surface area contributed by atoms with Crippen LogP contribution in [-0.2, 0) is 78.9 Å². The van der Waals surface area contributed by atoms with Crippen molar-refractivity contribution in [1.29, 1.82) is 0 Å². The van der Waals surface area contributed by atoms with Gasteiger partial charge in [-0.05, 0) is 36.5 Å². The number of rotatable bonds is 6. The van der Waals surface area contributed by atoms with Crippen molar-refractivity contribution >= 4 is 66.5 Å². The fourth-order valence-corrected chi connectivity index (χ4v) is 1.55. The Morgan fingerprint density at radius 2 is 0.702 bits per heavy atom. The maximum atomic E-state index is 9.86. The number of H-pyrrole nitrogens is 3. The van der Waals surface area contributed by atoms with Crippen LogP contribution in [0.1, 0.15) is 17.1 Å². The van der Waals surface area contributed by atoms with Crippen molar-refractivity contribution in [2.45, 2.75) is 0 Å². The number of carboxylic acid groups (broad SMARTS) is 3.